The summed E-state index contributed by atoms with van der Waals surface area (Å²) >= 11 is 1.36. The van der Waals surface area contributed by atoms with Gasteiger partial charge < -0.3 is 5.32 Å². The monoisotopic (exact) mass is 296 g/mol. The number of hydrogen-bond donors (Lipinski definition) is 1. The van der Waals surface area contributed by atoms with E-state index < -0.39 is 10.0 Å². The van der Waals surface area contributed by atoms with Gasteiger partial charge in [-0.25, -0.2) is 8.42 Å². The first-order valence-electron chi connectivity index (χ1n) is 5.30. The molecule has 1 aromatic rings. The van der Waals surface area contributed by atoms with Gasteiger partial charge in [0.2, 0.25) is 0 Å². The average Bonchev–Trinajstić information content (AvgIpc) is 2.60. The highest BCUT2D eigenvalue weighted by molar-refractivity contribution is 7.91. The zero-order chi connectivity index (χ0) is 11.8. The van der Waals surface area contributed by atoms with E-state index in [1.807, 2.05) is 19.9 Å². The highest BCUT2D eigenvalue weighted by atomic mass is 35.5. The molecular weight excluding hydrogens is 280 g/mol. The lowest BCUT2D eigenvalue weighted by atomic mass is 10.4. The van der Waals surface area contributed by atoms with Crippen molar-refractivity contribution in [2.24, 2.45) is 0 Å². The molecular formula is C10H17ClN2O2S2. The van der Waals surface area contributed by atoms with E-state index in [1.54, 1.807) is 4.31 Å². The van der Waals surface area contributed by atoms with E-state index in [0.29, 0.717) is 17.3 Å². The Morgan fingerprint density at radius 1 is 1.29 bits per heavy atom. The summed E-state index contributed by atoms with van der Waals surface area (Å²) in [5.74, 6) is 0. The van der Waals surface area contributed by atoms with Gasteiger partial charge in [-0.3, -0.25) is 0 Å². The van der Waals surface area contributed by atoms with Crippen LogP contribution in [0, 0.1) is 13.8 Å². The fourth-order valence-corrected chi connectivity index (χ4v) is 5.12. The molecule has 0 aromatic carbocycles. The molecule has 0 unspecified atom stereocenters. The van der Waals surface area contributed by atoms with E-state index in [-0.39, 0.29) is 12.4 Å². The first-order valence-corrected chi connectivity index (χ1v) is 7.55. The summed E-state index contributed by atoms with van der Waals surface area (Å²) in [5, 5.41) is 3.16. The molecule has 0 bridgehead atoms. The Morgan fingerprint density at radius 3 is 2.35 bits per heavy atom. The number of hydrogen-bond acceptors (Lipinski definition) is 4. The first-order chi connectivity index (χ1) is 7.51. The van der Waals surface area contributed by atoms with E-state index in [2.05, 4.69) is 5.32 Å². The highest BCUT2D eigenvalue weighted by Crippen LogP contribution is 2.28. The van der Waals surface area contributed by atoms with Crippen molar-refractivity contribution in [3.63, 3.8) is 0 Å². The fourth-order valence-electron chi connectivity index (χ4n) is 1.88. The van der Waals surface area contributed by atoms with Crippen LogP contribution in [0.3, 0.4) is 0 Å². The van der Waals surface area contributed by atoms with Crippen LogP contribution in [0.15, 0.2) is 10.3 Å². The number of sulfonamides is 1. The molecule has 0 spiro atoms. The highest BCUT2D eigenvalue weighted by Gasteiger charge is 2.28. The van der Waals surface area contributed by atoms with Crippen molar-refractivity contribution in [3.8, 4) is 0 Å². The molecule has 0 radical (unpaired) electrons. The molecule has 0 saturated carbocycles. The molecule has 1 N–H and O–H groups in total. The summed E-state index contributed by atoms with van der Waals surface area (Å²) < 4.78 is 26.7. The largest absolute Gasteiger partial charge is 0.314 e. The van der Waals surface area contributed by atoms with Gasteiger partial charge in [0, 0.05) is 31.1 Å². The summed E-state index contributed by atoms with van der Waals surface area (Å²) in [6.45, 7) is 6.41. The molecule has 17 heavy (non-hydrogen) atoms. The second kappa shape index (κ2) is 5.67. The maximum absolute atomic E-state index is 12.3. The summed E-state index contributed by atoms with van der Waals surface area (Å²) in [4.78, 5) is 1.05. The van der Waals surface area contributed by atoms with Crippen LogP contribution in [0.2, 0.25) is 0 Å². The van der Waals surface area contributed by atoms with Gasteiger partial charge in [-0.1, -0.05) is 0 Å². The number of nitrogens with zero attached hydrogens (tertiary/aromatic N) is 1. The summed E-state index contributed by atoms with van der Waals surface area (Å²) in [6.07, 6.45) is 0. The van der Waals surface area contributed by atoms with Crippen molar-refractivity contribution in [1.82, 2.24) is 9.62 Å². The minimum absolute atomic E-state index is 0. The number of thiophene rings is 1. The minimum Gasteiger partial charge on any atom is -0.314 e. The standard InChI is InChI=1S/C10H16N2O2S2.ClH/c1-8-7-9(2)15-10(8)16(13,14)12-5-3-11-4-6-12;/h7,11H,3-6H2,1-2H3;1H. The van der Waals surface area contributed by atoms with Crippen molar-refractivity contribution in [3.05, 3.63) is 16.5 Å². The normalized spacial score (nSPS) is 17.8. The van der Waals surface area contributed by atoms with Gasteiger partial charge in [-0.15, -0.1) is 23.7 Å². The topological polar surface area (TPSA) is 49.4 Å². The molecule has 1 aromatic heterocycles. The first kappa shape index (κ1) is 14.9. The van der Waals surface area contributed by atoms with Crippen LogP contribution in [0.4, 0.5) is 0 Å². The molecule has 0 aliphatic carbocycles. The Balaban J connectivity index is 0.00000144. The number of halogens is 1. The molecule has 1 fully saturated rings. The molecule has 0 atom stereocenters. The van der Waals surface area contributed by atoms with Gasteiger partial charge >= 0.3 is 0 Å². The lowest BCUT2D eigenvalue weighted by Crippen LogP contribution is -2.46. The van der Waals surface area contributed by atoms with Crippen molar-refractivity contribution >= 4 is 33.8 Å². The third kappa shape index (κ3) is 3.00. The maximum Gasteiger partial charge on any atom is 0.252 e. The van der Waals surface area contributed by atoms with Crippen LogP contribution in [0.1, 0.15) is 10.4 Å². The Kier molecular flexibility index (Phi) is 4.97. The fraction of sp³-hybridized carbons (Fsp3) is 0.600. The van der Waals surface area contributed by atoms with Gasteiger partial charge in [0.15, 0.2) is 0 Å². The van der Waals surface area contributed by atoms with Crippen LogP contribution >= 0.6 is 23.7 Å². The SMILES string of the molecule is Cc1cc(C)c(S(=O)(=O)N2CCNCC2)s1.Cl. The lowest BCUT2D eigenvalue weighted by molar-refractivity contribution is 0.361. The van der Waals surface area contributed by atoms with E-state index in [9.17, 15) is 8.42 Å². The van der Waals surface area contributed by atoms with E-state index >= 15 is 0 Å². The van der Waals surface area contributed by atoms with E-state index in [1.165, 1.54) is 11.3 Å². The number of aryl methyl sites for hydroxylation is 2. The number of nitrogens with one attached hydrogen (secondary N) is 1. The minimum atomic E-state index is -3.26. The third-order valence-corrected chi connectivity index (χ3v) is 6.31. The van der Waals surface area contributed by atoms with Gasteiger partial charge in [0.25, 0.3) is 10.0 Å². The Bertz CT molecular complexity index is 478. The van der Waals surface area contributed by atoms with E-state index in [4.69, 9.17) is 0 Å². The van der Waals surface area contributed by atoms with Crippen LogP contribution in [0.5, 0.6) is 0 Å². The zero-order valence-corrected chi connectivity index (χ0v) is 12.3. The van der Waals surface area contributed by atoms with Gasteiger partial charge in [-0.05, 0) is 25.5 Å². The Morgan fingerprint density at radius 2 is 1.88 bits per heavy atom. The second-order valence-corrected chi connectivity index (χ2v) is 7.37. The molecule has 1 aliphatic heterocycles. The zero-order valence-electron chi connectivity index (χ0n) is 9.89. The molecule has 2 heterocycles. The predicted octanol–water partition coefficient (Wildman–Crippen LogP) is 1.38. The molecule has 7 heteroatoms. The second-order valence-electron chi connectivity index (χ2n) is 3.98. The lowest BCUT2D eigenvalue weighted by Gasteiger charge is -2.26. The van der Waals surface area contributed by atoms with Gasteiger partial charge in [0.1, 0.15) is 4.21 Å². The third-order valence-electron chi connectivity index (χ3n) is 2.65. The summed E-state index contributed by atoms with van der Waals surface area (Å²) in [6, 6.07) is 1.93. The Labute approximate surface area is 112 Å². The smallest absolute Gasteiger partial charge is 0.252 e. The molecule has 0 amide bonds. The maximum atomic E-state index is 12.3. The molecule has 4 nitrogen and oxygen atoms in total. The van der Waals surface area contributed by atoms with Gasteiger partial charge in [0.05, 0.1) is 0 Å². The van der Waals surface area contributed by atoms with Gasteiger partial charge in [-0.2, -0.15) is 4.31 Å². The predicted molar refractivity (Wildman–Crippen MR) is 72.7 cm³/mol. The van der Waals surface area contributed by atoms with Crippen LogP contribution < -0.4 is 5.32 Å². The number of piperazine rings is 1. The molecule has 1 aliphatic rings. The Hall–Kier alpha value is -0.140. The molecule has 2 rings (SSSR count). The van der Waals surface area contributed by atoms with Crippen molar-refractivity contribution in [2.45, 2.75) is 18.1 Å². The van der Waals surface area contributed by atoms with E-state index in [0.717, 1.165) is 23.5 Å². The van der Waals surface area contributed by atoms with Crippen LogP contribution in [0.25, 0.3) is 0 Å². The summed E-state index contributed by atoms with van der Waals surface area (Å²) in [7, 11) is -3.26. The molecule has 98 valence electrons. The van der Waals surface area contributed by atoms with Crippen LogP contribution in [-0.2, 0) is 10.0 Å². The summed E-state index contributed by atoms with van der Waals surface area (Å²) in [5.41, 5.74) is 0.862. The quantitative estimate of drug-likeness (QED) is 0.897. The van der Waals surface area contributed by atoms with Crippen molar-refractivity contribution < 1.29 is 8.42 Å². The van der Waals surface area contributed by atoms with Crippen molar-refractivity contribution in [1.29, 1.82) is 0 Å². The van der Waals surface area contributed by atoms with Crippen LogP contribution in [-0.4, -0.2) is 38.9 Å². The average molecular weight is 297 g/mol. The number of rotatable bonds is 2. The molecule has 1 saturated heterocycles. The van der Waals surface area contributed by atoms with Crippen molar-refractivity contribution in [2.75, 3.05) is 26.2 Å².